The van der Waals surface area contributed by atoms with Crippen LogP contribution in [0, 0.1) is 5.92 Å². The number of hydrogen-bond acceptors (Lipinski definition) is 2. The van der Waals surface area contributed by atoms with Crippen molar-refractivity contribution >= 4 is 18.3 Å². The molecule has 0 radical (unpaired) electrons. The minimum Gasteiger partial charge on any atom is -0.352 e. The molecule has 17 heavy (non-hydrogen) atoms. The van der Waals surface area contributed by atoms with E-state index in [1.807, 2.05) is 0 Å². The first-order chi connectivity index (χ1) is 7.77. The summed E-state index contributed by atoms with van der Waals surface area (Å²) in [7, 11) is 0. The van der Waals surface area contributed by atoms with Crippen LogP contribution in [-0.2, 0) is 4.79 Å². The van der Waals surface area contributed by atoms with Gasteiger partial charge in [-0.1, -0.05) is 32.6 Å². The largest absolute Gasteiger partial charge is 0.352 e. The minimum absolute atomic E-state index is 0. The van der Waals surface area contributed by atoms with Gasteiger partial charge >= 0.3 is 0 Å². The Morgan fingerprint density at radius 3 is 2.53 bits per heavy atom. The van der Waals surface area contributed by atoms with Crippen LogP contribution in [0.4, 0.5) is 0 Å². The number of carbonyl (C=O) groups is 1. The van der Waals surface area contributed by atoms with Crippen LogP contribution >= 0.6 is 12.4 Å². The second kappa shape index (κ2) is 9.72. The van der Waals surface area contributed by atoms with E-state index in [1.54, 1.807) is 0 Å². The third-order valence-electron chi connectivity index (χ3n) is 3.58. The third kappa shape index (κ3) is 6.27. The van der Waals surface area contributed by atoms with Crippen molar-refractivity contribution in [2.24, 2.45) is 11.7 Å². The first-order valence-electron chi connectivity index (χ1n) is 6.77. The van der Waals surface area contributed by atoms with Crippen molar-refractivity contribution in [1.29, 1.82) is 0 Å². The fourth-order valence-electron chi connectivity index (χ4n) is 2.52. The van der Waals surface area contributed by atoms with Crippen LogP contribution in [0.15, 0.2) is 0 Å². The molecule has 1 unspecified atom stereocenters. The molecule has 1 rings (SSSR count). The number of nitrogens with two attached hydrogens (primary N) is 1. The number of nitrogens with one attached hydrogen (secondary N) is 1. The Bertz CT molecular complexity index is 206. The molecule has 1 saturated carbocycles. The molecule has 1 atom stereocenters. The predicted molar refractivity (Wildman–Crippen MR) is 74.3 cm³/mol. The van der Waals surface area contributed by atoms with Gasteiger partial charge in [0.1, 0.15) is 0 Å². The van der Waals surface area contributed by atoms with Crippen molar-refractivity contribution in [3.05, 3.63) is 0 Å². The summed E-state index contributed by atoms with van der Waals surface area (Å²) in [4.78, 5) is 11.6. The van der Waals surface area contributed by atoms with Gasteiger partial charge < -0.3 is 11.1 Å². The fraction of sp³-hybridized carbons (Fsp3) is 0.923. The summed E-state index contributed by atoms with van der Waals surface area (Å²) in [6.07, 6.45) is 9.11. The summed E-state index contributed by atoms with van der Waals surface area (Å²) >= 11 is 0. The summed E-state index contributed by atoms with van der Waals surface area (Å²) in [5.74, 6) is 0.798. The third-order valence-corrected chi connectivity index (χ3v) is 3.58. The van der Waals surface area contributed by atoms with Crippen LogP contribution in [0.5, 0.6) is 0 Å². The van der Waals surface area contributed by atoms with E-state index in [4.69, 9.17) is 5.73 Å². The lowest BCUT2D eigenvalue weighted by molar-refractivity contribution is -0.122. The predicted octanol–water partition coefficient (Wildman–Crippen LogP) is 2.62. The Morgan fingerprint density at radius 1 is 1.35 bits per heavy atom. The highest BCUT2D eigenvalue weighted by Crippen LogP contribution is 2.26. The molecule has 0 saturated heterocycles. The van der Waals surface area contributed by atoms with Crippen molar-refractivity contribution in [2.75, 3.05) is 6.54 Å². The van der Waals surface area contributed by atoms with Gasteiger partial charge in [-0.2, -0.15) is 0 Å². The van der Waals surface area contributed by atoms with Crippen LogP contribution in [0.3, 0.4) is 0 Å². The molecule has 0 spiro atoms. The summed E-state index contributed by atoms with van der Waals surface area (Å²) in [6.45, 7) is 2.69. The van der Waals surface area contributed by atoms with Gasteiger partial charge in [-0.15, -0.1) is 12.4 Å². The molecule has 4 heteroatoms. The Hall–Kier alpha value is -0.280. The number of halogens is 1. The molecule has 0 heterocycles. The Balaban J connectivity index is 0.00000256. The van der Waals surface area contributed by atoms with E-state index >= 15 is 0 Å². The lowest BCUT2D eigenvalue weighted by Gasteiger charge is -2.30. The van der Waals surface area contributed by atoms with E-state index < -0.39 is 0 Å². The van der Waals surface area contributed by atoms with E-state index in [2.05, 4.69) is 12.2 Å². The van der Waals surface area contributed by atoms with Crippen molar-refractivity contribution in [1.82, 2.24) is 5.32 Å². The van der Waals surface area contributed by atoms with Gasteiger partial charge in [0, 0.05) is 19.0 Å². The first-order valence-corrected chi connectivity index (χ1v) is 6.77. The van der Waals surface area contributed by atoms with Gasteiger partial charge in [0.05, 0.1) is 0 Å². The van der Waals surface area contributed by atoms with E-state index in [-0.39, 0.29) is 24.4 Å². The Kier molecular flexibility index (Phi) is 9.56. The zero-order valence-electron chi connectivity index (χ0n) is 10.9. The van der Waals surface area contributed by atoms with Gasteiger partial charge in [0.2, 0.25) is 5.91 Å². The summed E-state index contributed by atoms with van der Waals surface area (Å²) in [6, 6.07) is 0.213. The summed E-state index contributed by atoms with van der Waals surface area (Å²) in [5.41, 5.74) is 5.77. The topological polar surface area (TPSA) is 55.1 Å². The molecule has 3 N–H and O–H groups in total. The summed E-state index contributed by atoms with van der Waals surface area (Å²) < 4.78 is 0. The van der Waals surface area contributed by atoms with Gasteiger partial charge in [0.25, 0.3) is 0 Å². The van der Waals surface area contributed by atoms with Gasteiger partial charge in [-0.3, -0.25) is 4.79 Å². The van der Waals surface area contributed by atoms with Gasteiger partial charge in [0.15, 0.2) is 0 Å². The first kappa shape index (κ1) is 16.7. The van der Waals surface area contributed by atoms with E-state index in [0.29, 0.717) is 18.9 Å². The molecule has 0 aromatic rings. The van der Waals surface area contributed by atoms with Crippen LogP contribution in [0.2, 0.25) is 0 Å². The smallest absolute Gasteiger partial charge is 0.220 e. The molecule has 0 aromatic carbocycles. The molecular formula is C13H27ClN2O. The van der Waals surface area contributed by atoms with Crippen molar-refractivity contribution in [3.63, 3.8) is 0 Å². The Morgan fingerprint density at radius 2 is 2.00 bits per heavy atom. The van der Waals surface area contributed by atoms with Crippen molar-refractivity contribution < 1.29 is 4.79 Å². The van der Waals surface area contributed by atoms with Crippen molar-refractivity contribution in [3.8, 4) is 0 Å². The zero-order valence-corrected chi connectivity index (χ0v) is 11.7. The molecule has 3 nitrogen and oxygen atoms in total. The molecule has 1 amide bonds. The second-order valence-electron chi connectivity index (χ2n) is 4.91. The van der Waals surface area contributed by atoms with Crippen LogP contribution in [-0.4, -0.2) is 18.5 Å². The van der Waals surface area contributed by atoms with Gasteiger partial charge in [-0.05, 0) is 25.2 Å². The second-order valence-corrected chi connectivity index (χ2v) is 4.91. The van der Waals surface area contributed by atoms with Crippen LogP contribution < -0.4 is 11.1 Å². The SMILES string of the molecule is CCCCC(=O)NC(CN)C1CCCCC1.Cl. The molecular weight excluding hydrogens is 236 g/mol. The molecule has 0 aliphatic heterocycles. The van der Waals surface area contributed by atoms with E-state index in [1.165, 1.54) is 32.1 Å². The lowest BCUT2D eigenvalue weighted by Crippen LogP contribution is -2.45. The zero-order chi connectivity index (χ0) is 11.8. The number of unbranched alkanes of at least 4 members (excludes halogenated alkanes) is 1. The number of hydrogen-bond donors (Lipinski definition) is 2. The number of amides is 1. The molecule has 102 valence electrons. The average molecular weight is 263 g/mol. The molecule has 1 aliphatic rings. The van der Waals surface area contributed by atoms with E-state index in [0.717, 1.165) is 12.8 Å². The maximum absolute atomic E-state index is 11.6. The summed E-state index contributed by atoms with van der Waals surface area (Å²) in [5, 5.41) is 3.11. The highest BCUT2D eigenvalue weighted by Gasteiger charge is 2.23. The highest BCUT2D eigenvalue weighted by molar-refractivity contribution is 5.85. The normalized spacial score (nSPS) is 18.2. The van der Waals surface area contributed by atoms with Crippen molar-refractivity contribution in [2.45, 2.75) is 64.3 Å². The monoisotopic (exact) mass is 262 g/mol. The lowest BCUT2D eigenvalue weighted by atomic mass is 9.84. The van der Waals surface area contributed by atoms with E-state index in [9.17, 15) is 4.79 Å². The molecule has 0 aromatic heterocycles. The minimum atomic E-state index is 0. The average Bonchev–Trinajstić information content (AvgIpc) is 2.34. The quantitative estimate of drug-likeness (QED) is 0.773. The van der Waals surface area contributed by atoms with Crippen LogP contribution in [0.25, 0.3) is 0 Å². The number of carbonyl (C=O) groups excluding carboxylic acids is 1. The van der Waals surface area contributed by atoms with Gasteiger partial charge in [-0.25, -0.2) is 0 Å². The highest BCUT2D eigenvalue weighted by atomic mass is 35.5. The maximum Gasteiger partial charge on any atom is 0.220 e. The van der Waals surface area contributed by atoms with Crippen LogP contribution in [0.1, 0.15) is 58.3 Å². The Labute approximate surface area is 111 Å². The number of rotatable bonds is 6. The molecule has 0 bridgehead atoms. The standard InChI is InChI=1S/C13H26N2O.ClH/c1-2-3-9-13(16)15-12(10-14)11-7-5-4-6-8-11;/h11-12H,2-10,14H2,1H3,(H,15,16);1H. The maximum atomic E-state index is 11.6. The molecule has 1 fully saturated rings. The fourth-order valence-corrected chi connectivity index (χ4v) is 2.52. The molecule has 1 aliphatic carbocycles.